The minimum atomic E-state index is -0.237. The van der Waals surface area contributed by atoms with Gasteiger partial charge in [-0.25, -0.2) is 24.0 Å². The molecule has 10 rings (SSSR count). The molecule has 0 aliphatic carbocycles. The van der Waals surface area contributed by atoms with E-state index in [0.717, 1.165) is 139 Å². The monoisotopic (exact) mass is 1700 g/mol. The fourth-order valence-electron chi connectivity index (χ4n) is 13.4. The Kier molecular flexibility index (Phi) is 47.3. The third-order valence-electron chi connectivity index (χ3n) is 19.4. The molecule has 5 N–H and O–H groups in total. The molecule has 10 aliphatic rings. The lowest BCUT2D eigenvalue weighted by Gasteiger charge is -2.40. The Balaban J connectivity index is 0.000000223. The number of ether oxygens (including phenoxy) is 10. The second kappa shape index (κ2) is 54.5. The van der Waals surface area contributed by atoms with Gasteiger partial charge >= 0.3 is 30.2 Å². The molecule has 0 aromatic heterocycles. The standard InChI is InChI=1S/C20H37N3O3S.2C17H31N3O3S.C14H25N3O3S.C11H19N3O3S/c1-4-7-11-22(12-8-5-2)17-10-13-23(20(24)21-17)18-16-27-19(26-18)15-25-14-9-6-3;1-11(2)20(12(3)4)14-7-8-19(17(21)18-14)15-10-24-16(23-15)9-22-13(5)6;1-4-8-19(9-5-2)14-7-10-20(17(21)18-14)15-13-24-16(23-15)12-22-11-6-3;1-4-16(5-2)11-7-8-17(14(18)15-11)12-10-21-13(20-12)9-19-6-3;1-13(2)8-4-5-14(11(15)12-8)9-7-18-10(17-9)6-16-3/h10,13,17-19H,4-9,11-12,14-16H2,1-3H3,(H,21,24);7-8,11-16H,9-10H2,1-6H3,(H,18,21);7,10,14-16H,4-6,8-9,11-13H2,1-3H3,(H,18,21);7-8,11-13H,4-6,9-10H2,1-3H3,(H,15,18);4-5,8-10H,6-7H2,1-3H3,(H,12,15)/t17?,18-,19+;2*14?,15-,16+;11?,12-,13+;8?,9-,10+/m11111/s1. The van der Waals surface area contributed by atoms with E-state index >= 15 is 0 Å². The van der Waals surface area contributed by atoms with Crippen molar-refractivity contribution in [3.8, 4) is 0 Å². The molecule has 10 aliphatic heterocycles. The zero-order valence-electron chi connectivity index (χ0n) is 71.6. The van der Waals surface area contributed by atoms with E-state index in [1.54, 1.807) is 96.6 Å². The van der Waals surface area contributed by atoms with Gasteiger partial charge < -0.3 is 74.0 Å². The minimum absolute atomic E-state index is 0.00720. The Morgan fingerprint density at radius 1 is 0.395 bits per heavy atom. The number of nitrogens with zero attached hydrogens (tertiary/aromatic N) is 10. The van der Waals surface area contributed by atoms with E-state index in [4.69, 9.17) is 47.4 Å². The third kappa shape index (κ3) is 32.6. The predicted molar refractivity (Wildman–Crippen MR) is 461 cm³/mol. The second-order valence-electron chi connectivity index (χ2n) is 29.6. The molecule has 30 nitrogen and oxygen atoms in total. The third-order valence-corrected chi connectivity index (χ3v) is 24.9. The van der Waals surface area contributed by atoms with Crippen molar-refractivity contribution >= 4 is 89.0 Å². The number of methoxy groups -OCH3 is 1. The van der Waals surface area contributed by atoms with E-state index in [-0.39, 0.29) is 125 Å². The van der Waals surface area contributed by atoms with E-state index in [1.165, 1.54) is 0 Å². The Hall–Kier alpha value is -3.80. The van der Waals surface area contributed by atoms with Crippen molar-refractivity contribution in [2.75, 3.05) is 142 Å². The molecule has 15 atom stereocenters. The number of urea groups is 5. The highest BCUT2D eigenvalue weighted by atomic mass is 32.2. The van der Waals surface area contributed by atoms with Crippen molar-refractivity contribution in [3.63, 3.8) is 0 Å². The van der Waals surface area contributed by atoms with Crippen molar-refractivity contribution in [1.82, 2.24) is 75.6 Å². The molecule has 114 heavy (non-hydrogen) atoms. The largest absolute Gasteiger partial charge is 0.381 e. The van der Waals surface area contributed by atoms with Gasteiger partial charge in [0.25, 0.3) is 0 Å². The molecule has 0 saturated carbocycles. The summed E-state index contributed by atoms with van der Waals surface area (Å²) in [6, 6.07) is 0.213. The first-order chi connectivity index (χ1) is 55.0. The van der Waals surface area contributed by atoms with Crippen molar-refractivity contribution in [3.05, 3.63) is 61.4 Å². The van der Waals surface area contributed by atoms with Crippen LogP contribution in [-0.2, 0) is 47.4 Å². The summed E-state index contributed by atoms with van der Waals surface area (Å²) in [5.41, 5.74) is 0.0251. The Morgan fingerprint density at radius 3 is 1.04 bits per heavy atom. The van der Waals surface area contributed by atoms with Gasteiger partial charge in [-0.2, -0.15) is 0 Å². The van der Waals surface area contributed by atoms with Crippen molar-refractivity contribution < 1.29 is 71.3 Å². The second-order valence-corrected chi connectivity index (χ2v) is 35.5. The maximum Gasteiger partial charge on any atom is 0.325 e. The van der Waals surface area contributed by atoms with Crippen LogP contribution in [-0.4, -0.2) is 329 Å². The molecule has 654 valence electrons. The van der Waals surface area contributed by atoms with Crippen molar-refractivity contribution in [2.45, 2.75) is 269 Å². The lowest BCUT2D eigenvalue weighted by Crippen LogP contribution is -2.58. The number of carbonyl (C=O) groups is 5. The summed E-state index contributed by atoms with van der Waals surface area (Å²) < 4.78 is 56.7. The minimum Gasteiger partial charge on any atom is -0.381 e. The van der Waals surface area contributed by atoms with Crippen LogP contribution in [0, 0.1) is 0 Å². The van der Waals surface area contributed by atoms with Crippen LogP contribution in [0.2, 0.25) is 0 Å². The molecule has 0 bridgehead atoms. The molecule has 5 saturated heterocycles. The summed E-state index contributed by atoms with van der Waals surface area (Å²) in [7, 11) is 5.48. The highest BCUT2D eigenvalue weighted by molar-refractivity contribution is 8.00. The average Bonchev–Trinajstić information content (AvgIpc) is 1.54. The summed E-state index contributed by atoms with van der Waals surface area (Å²) in [5.74, 6) is 3.84. The molecule has 0 aromatic rings. The number of nitrogens with one attached hydrogen (secondary N) is 5. The first kappa shape index (κ1) is 99.0. The number of likely N-dealkylation sites (N-methyl/N-ethyl adjacent to an activating group) is 2. The molecular weight excluding hydrogens is 1560 g/mol. The van der Waals surface area contributed by atoms with Crippen LogP contribution in [0.5, 0.6) is 0 Å². The van der Waals surface area contributed by atoms with Gasteiger partial charge in [0, 0.05) is 125 Å². The molecule has 0 aromatic carbocycles. The number of hydrogen-bond acceptors (Lipinski definition) is 25. The topological polar surface area (TPSA) is 270 Å². The number of hydrogen-bond donors (Lipinski definition) is 5. The van der Waals surface area contributed by atoms with Gasteiger partial charge in [-0.05, 0) is 145 Å². The first-order valence-corrected chi connectivity index (χ1v) is 46.9. The first-order valence-electron chi connectivity index (χ1n) is 41.7. The van der Waals surface area contributed by atoms with Crippen LogP contribution in [0.1, 0.15) is 162 Å². The smallest absolute Gasteiger partial charge is 0.325 e. The van der Waals surface area contributed by atoms with Crippen LogP contribution >= 0.6 is 58.8 Å². The molecule has 10 amide bonds. The number of carbonyl (C=O) groups excluding carboxylic acids is 5. The van der Waals surface area contributed by atoms with Crippen LogP contribution in [0.4, 0.5) is 24.0 Å². The van der Waals surface area contributed by atoms with Gasteiger partial charge in [-0.1, -0.05) is 74.7 Å². The van der Waals surface area contributed by atoms with Gasteiger partial charge in [0.2, 0.25) is 0 Å². The number of unbranched alkanes of at least 4 members (excludes halogenated alkanes) is 3. The van der Waals surface area contributed by atoms with E-state index in [1.807, 2.05) is 82.8 Å². The Morgan fingerprint density at radius 2 is 0.719 bits per heavy atom. The lowest BCUT2D eigenvalue weighted by molar-refractivity contribution is -0.0483. The summed E-state index contributed by atoms with van der Waals surface area (Å²) >= 11 is 8.47. The molecule has 5 fully saturated rings. The number of rotatable bonds is 41. The fraction of sp³-hybridized carbons (Fsp3) is 0.810. The molecule has 5 unspecified atom stereocenters. The highest BCUT2D eigenvalue weighted by Crippen LogP contribution is 2.34. The fourth-order valence-corrected chi connectivity index (χ4v) is 18.5. The Bertz CT molecular complexity index is 2900. The van der Waals surface area contributed by atoms with Gasteiger partial charge in [-0.3, -0.25) is 49.0 Å². The zero-order valence-corrected chi connectivity index (χ0v) is 75.7. The summed E-state index contributed by atoms with van der Waals surface area (Å²) in [4.78, 5) is 81.2. The zero-order chi connectivity index (χ0) is 83.1. The number of amides is 10. The lowest BCUT2D eigenvalue weighted by atomic mass is 10.2. The maximum absolute atomic E-state index is 12.7. The van der Waals surface area contributed by atoms with Crippen molar-refractivity contribution in [2.24, 2.45) is 0 Å². The van der Waals surface area contributed by atoms with Gasteiger partial charge in [0.05, 0.1) is 39.1 Å². The molecule has 0 radical (unpaired) electrons. The average molecular weight is 1700 g/mol. The van der Waals surface area contributed by atoms with Gasteiger partial charge in [0.15, 0.2) is 0 Å². The molecule has 35 heteroatoms. The van der Waals surface area contributed by atoms with E-state index in [9.17, 15) is 24.0 Å². The normalized spacial score (nSPS) is 28.0. The number of thioether (sulfide) groups is 5. The van der Waals surface area contributed by atoms with E-state index < -0.39 is 0 Å². The summed E-state index contributed by atoms with van der Waals surface area (Å²) in [6.45, 7) is 42.5. The molecular formula is C79H143N15O15S5. The highest BCUT2D eigenvalue weighted by Gasteiger charge is 2.42. The van der Waals surface area contributed by atoms with E-state index in [2.05, 4.69) is 141 Å². The van der Waals surface area contributed by atoms with Gasteiger partial charge in [-0.15, -0.1) is 58.8 Å². The van der Waals surface area contributed by atoms with Gasteiger partial charge in [0.1, 0.15) is 89.1 Å². The van der Waals surface area contributed by atoms with Crippen LogP contribution in [0.25, 0.3) is 0 Å². The molecule has 10 heterocycles. The van der Waals surface area contributed by atoms with Crippen LogP contribution < -0.4 is 26.6 Å². The molecule has 0 spiro atoms. The van der Waals surface area contributed by atoms with Crippen LogP contribution in [0.3, 0.4) is 0 Å². The van der Waals surface area contributed by atoms with E-state index in [0.29, 0.717) is 51.7 Å². The Labute approximate surface area is 704 Å². The SMILES string of the molecule is CC(C)OC[C@H]1O[C@@H](N2C=CC(N(C(C)C)C(C)C)NC2=O)CS1.CCCCOC[C@H]1O[C@@H](N2C=CC(N(CCCC)CCCC)NC2=O)CS1.CCCOC[C@H]1O[C@@H](N2C=CC(N(CCC)CCC)NC2=O)CS1.CCOC[C@H]1O[C@@H](N2C=CC(N(CC)CC)NC2=O)CS1.COC[C@H]1O[C@@H](N2C=CC(N(C)C)NC2=O)CS1. The quantitative estimate of drug-likeness (QED) is 0.0356. The van der Waals surface area contributed by atoms with Crippen molar-refractivity contribution in [1.29, 1.82) is 0 Å². The maximum atomic E-state index is 12.7. The predicted octanol–water partition coefficient (Wildman–Crippen LogP) is 11.7. The van der Waals surface area contributed by atoms with Crippen LogP contribution in [0.15, 0.2) is 61.4 Å². The summed E-state index contributed by atoms with van der Waals surface area (Å²) in [6.07, 6.45) is 28.3. The summed E-state index contributed by atoms with van der Waals surface area (Å²) in [5, 5.41) is 15.2.